The summed E-state index contributed by atoms with van der Waals surface area (Å²) in [6.07, 6.45) is 1.74. The molecule has 20 heavy (non-hydrogen) atoms. The zero-order chi connectivity index (χ0) is 14.4. The predicted octanol–water partition coefficient (Wildman–Crippen LogP) is 1.78. The van der Waals surface area contributed by atoms with Crippen LogP contribution in [0.25, 0.3) is 0 Å². The van der Waals surface area contributed by atoms with Crippen LogP contribution in [-0.4, -0.2) is 34.9 Å². The van der Waals surface area contributed by atoms with E-state index in [1.165, 1.54) is 0 Å². The molecule has 0 amide bonds. The molecule has 2 N–H and O–H groups in total. The summed E-state index contributed by atoms with van der Waals surface area (Å²) < 4.78 is 46.1. The summed E-state index contributed by atoms with van der Waals surface area (Å²) >= 11 is 0. The zero-order valence-corrected chi connectivity index (χ0v) is 10.8. The molecule has 112 valence electrons. The van der Waals surface area contributed by atoms with Crippen molar-refractivity contribution in [1.82, 2.24) is 9.78 Å². The van der Waals surface area contributed by atoms with Crippen molar-refractivity contribution >= 4 is 0 Å². The molecule has 3 aliphatic rings. The largest absolute Gasteiger partial charge is 0.522 e. The Balaban J connectivity index is 1.40. The second kappa shape index (κ2) is 4.36. The molecule has 1 heterocycles. The summed E-state index contributed by atoms with van der Waals surface area (Å²) in [7, 11) is 0. The highest BCUT2D eigenvalue weighted by atomic mass is 19.4. The lowest BCUT2D eigenvalue weighted by atomic mass is 9.45. The van der Waals surface area contributed by atoms with Gasteiger partial charge in [0.2, 0.25) is 0 Å². The normalized spacial score (nSPS) is 31.6. The molecular formula is C12H16F3N3O2. The topological polar surface area (TPSA) is 62.3 Å². The van der Waals surface area contributed by atoms with Crippen molar-refractivity contribution in [3.8, 4) is 5.75 Å². The van der Waals surface area contributed by atoms with Gasteiger partial charge in [-0.05, 0) is 19.3 Å². The van der Waals surface area contributed by atoms with Crippen LogP contribution in [0.5, 0.6) is 5.75 Å². The van der Waals surface area contributed by atoms with Crippen molar-refractivity contribution in [3.63, 3.8) is 0 Å². The van der Waals surface area contributed by atoms with E-state index in [1.807, 2.05) is 4.68 Å². The Morgan fingerprint density at radius 1 is 1.30 bits per heavy atom. The molecule has 3 aliphatic carbocycles. The molecule has 0 saturated heterocycles. The van der Waals surface area contributed by atoms with Gasteiger partial charge in [0.1, 0.15) is 0 Å². The Morgan fingerprint density at radius 2 is 2.00 bits per heavy atom. The highest BCUT2D eigenvalue weighted by Crippen LogP contribution is 2.63. The summed E-state index contributed by atoms with van der Waals surface area (Å²) in [4.78, 5) is 0. The molecule has 0 aliphatic heterocycles. The lowest BCUT2D eigenvalue weighted by Gasteiger charge is -2.68. The van der Waals surface area contributed by atoms with E-state index < -0.39 is 13.0 Å². The monoisotopic (exact) mass is 291 g/mol. The summed E-state index contributed by atoms with van der Waals surface area (Å²) in [5.74, 6) is 0.563. The third-order valence-corrected chi connectivity index (χ3v) is 3.91. The van der Waals surface area contributed by atoms with Crippen molar-refractivity contribution in [2.45, 2.75) is 43.1 Å². The quantitative estimate of drug-likeness (QED) is 0.812. The van der Waals surface area contributed by atoms with Gasteiger partial charge in [-0.25, -0.2) is 0 Å². The third kappa shape index (κ3) is 2.49. The fourth-order valence-corrected chi connectivity index (χ4v) is 3.13. The minimum absolute atomic E-state index is 0.00189. The van der Waals surface area contributed by atoms with Crippen LogP contribution in [0.15, 0.2) is 12.4 Å². The first kappa shape index (κ1) is 13.7. The maximum absolute atomic E-state index is 11.7. The highest BCUT2D eigenvalue weighted by Gasteiger charge is 2.67. The first-order valence-electron chi connectivity index (χ1n) is 6.48. The first-order valence-corrected chi connectivity index (χ1v) is 6.48. The van der Waals surface area contributed by atoms with Gasteiger partial charge in [-0.3, -0.25) is 9.42 Å². The number of nitrogens with zero attached hydrogens (tertiary/aromatic N) is 2. The maximum atomic E-state index is 11.7. The average Bonchev–Trinajstić information content (AvgIpc) is 2.70. The van der Waals surface area contributed by atoms with Crippen LogP contribution in [0.4, 0.5) is 13.2 Å². The van der Waals surface area contributed by atoms with Crippen LogP contribution in [0.1, 0.15) is 25.7 Å². The maximum Gasteiger partial charge on any atom is 0.522 e. The van der Waals surface area contributed by atoms with Gasteiger partial charge in [-0.1, -0.05) is 0 Å². The molecule has 8 heteroatoms. The Bertz CT molecular complexity index is 481. The highest BCUT2D eigenvalue weighted by molar-refractivity contribution is 5.27. The predicted molar refractivity (Wildman–Crippen MR) is 63.1 cm³/mol. The number of hydrogen-bond acceptors (Lipinski definition) is 4. The lowest BCUT2D eigenvalue weighted by molar-refractivity contribution is -0.324. The van der Waals surface area contributed by atoms with Crippen molar-refractivity contribution in [2.24, 2.45) is 5.73 Å². The van der Waals surface area contributed by atoms with Crippen LogP contribution >= 0.6 is 0 Å². The van der Waals surface area contributed by atoms with Crippen LogP contribution < -0.4 is 10.5 Å². The Morgan fingerprint density at radius 3 is 2.60 bits per heavy atom. The molecular weight excluding hydrogens is 275 g/mol. The van der Waals surface area contributed by atoms with Gasteiger partial charge in [0, 0.05) is 12.0 Å². The second-order valence-electron chi connectivity index (χ2n) is 5.73. The number of aromatic nitrogens is 2. The van der Waals surface area contributed by atoms with Crippen molar-refractivity contribution in [3.05, 3.63) is 12.4 Å². The van der Waals surface area contributed by atoms with Gasteiger partial charge in [-0.15, -0.1) is 13.2 Å². The van der Waals surface area contributed by atoms with Gasteiger partial charge in [-0.2, -0.15) is 5.10 Å². The molecule has 3 saturated carbocycles. The van der Waals surface area contributed by atoms with Crippen molar-refractivity contribution < 1.29 is 22.6 Å². The average molecular weight is 291 g/mol. The smallest absolute Gasteiger partial charge is 0.490 e. The first-order chi connectivity index (χ1) is 9.30. The van der Waals surface area contributed by atoms with Gasteiger partial charge in [0.25, 0.3) is 0 Å². The van der Waals surface area contributed by atoms with E-state index in [0.29, 0.717) is 5.75 Å². The molecule has 1 aromatic heterocycles. The van der Waals surface area contributed by atoms with E-state index in [-0.39, 0.29) is 24.1 Å². The minimum Gasteiger partial charge on any atom is -0.490 e. The van der Waals surface area contributed by atoms with Gasteiger partial charge >= 0.3 is 6.36 Å². The van der Waals surface area contributed by atoms with Crippen LogP contribution in [-0.2, 0) is 10.3 Å². The molecule has 1 aromatic rings. The number of alkyl halides is 3. The minimum atomic E-state index is -4.58. The van der Waals surface area contributed by atoms with Crippen molar-refractivity contribution in [1.29, 1.82) is 0 Å². The number of hydrogen-bond donors (Lipinski definition) is 1. The standard InChI is InChI=1S/C12H16F3N3O2/c13-12(14,15)20-3-1-2-19-9-4-17-18(5-9)11-6-10(16,7-11)8-11/h4-5H,1-3,6-8,16H2. The summed E-state index contributed by atoms with van der Waals surface area (Å²) in [6.45, 7) is -0.243. The molecule has 3 fully saturated rings. The molecule has 0 spiro atoms. The van der Waals surface area contributed by atoms with E-state index in [9.17, 15) is 13.2 Å². The molecule has 4 rings (SSSR count). The van der Waals surface area contributed by atoms with Crippen molar-refractivity contribution in [2.75, 3.05) is 13.2 Å². The van der Waals surface area contributed by atoms with E-state index in [0.717, 1.165) is 19.3 Å². The van der Waals surface area contributed by atoms with Gasteiger partial charge in [0.15, 0.2) is 5.75 Å². The molecule has 0 aromatic carbocycles. The molecule has 0 unspecified atom stereocenters. The number of nitrogens with two attached hydrogens (primary N) is 1. The van der Waals surface area contributed by atoms with Crippen LogP contribution in [0, 0.1) is 0 Å². The molecule has 5 nitrogen and oxygen atoms in total. The van der Waals surface area contributed by atoms with Gasteiger partial charge < -0.3 is 10.5 Å². The fraction of sp³-hybridized carbons (Fsp3) is 0.750. The summed E-state index contributed by atoms with van der Waals surface area (Å²) in [6, 6.07) is 0. The fourth-order valence-electron chi connectivity index (χ4n) is 3.13. The zero-order valence-electron chi connectivity index (χ0n) is 10.8. The number of ether oxygens (including phenoxy) is 2. The summed E-state index contributed by atoms with van der Waals surface area (Å²) in [5, 5.41) is 4.24. The van der Waals surface area contributed by atoms with Crippen LogP contribution in [0.2, 0.25) is 0 Å². The van der Waals surface area contributed by atoms with E-state index in [4.69, 9.17) is 10.5 Å². The van der Waals surface area contributed by atoms with Gasteiger partial charge in [0.05, 0.1) is 31.1 Å². The molecule has 0 radical (unpaired) electrons. The second-order valence-corrected chi connectivity index (χ2v) is 5.73. The lowest BCUT2D eigenvalue weighted by Crippen LogP contribution is -2.76. The Labute approximate surface area is 113 Å². The Hall–Kier alpha value is -1.28. The summed E-state index contributed by atoms with van der Waals surface area (Å²) in [5.41, 5.74) is 6.04. The van der Waals surface area contributed by atoms with E-state index in [1.54, 1.807) is 12.4 Å². The third-order valence-electron chi connectivity index (χ3n) is 3.91. The van der Waals surface area contributed by atoms with Crippen LogP contribution in [0.3, 0.4) is 0 Å². The molecule has 2 bridgehead atoms. The molecule has 0 atom stereocenters. The number of halogens is 3. The SMILES string of the molecule is NC12CC(n3cc(OCCCOC(F)(F)F)cn3)(C1)C2. The Kier molecular flexibility index (Phi) is 2.98. The number of rotatable bonds is 6. The van der Waals surface area contributed by atoms with E-state index in [2.05, 4.69) is 9.84 Å². The van der Waals surface area contributed by atoms with E-state index >= 15 is 0 Å².